The highest BCUT2D eigenvalue weighted by Gasteiger charge is 2.33. The highest BCUT2D eigenvalue weighted by Crippen LogP contribution is 2.31. The van der Waals surface area contributed by atoms with E-state index in [1.165, 1.54) is 304 Å². The molecule has 69 heavy (non-hydrogen) atoms. The Hall–Kier alpha value is 0.930. The lowest BCUT2D eigenvalue weighted by Gasteiger charge is -2.36. The summed E-state index contributed by atoms with van der Waals surface area (Å²) in [6, 6.07) is 0. The second-order valence-electron chi connectivity index (χ2n) is 21.8. The third-order valence-electron chi connectivity index (χ3n) is 14.9. The van der Waals surface area contributed by atoms with E-state index >= 15 is 0 Å². The summed E-state index contributed by atoms with van der Waals surface area (Å²) < 4.78 is 21.7. The molecule has 0 aliphatic rings. The van der Waals surface area contributed by atoms with Gasteiger partial charge in [-0.1, -0.05) is 260 Å². The Kier molecular flexibility index (Phi) is 59.0. The highest BCUT2D eigenvalue weighted by atomic mass is 32.2. The van der Waals surface area contributed by atoms with E-state index in [9.17, 15) is 0 Å². The monoisotopic (exact) mass is 1030 g/mol. The van der Waals surface area contributed by atoms with Crippen LogP contribution in [0.25, 0.3) is 0 Å². The molecule has 0 aliphatic heterocycles. The van der Waals surface area contributed by atoms with Crippen molar-refractivity contribution in [1.29, 1.82) is 0 Å². The lowest BCUT2D eigenvalue weighted by atomic mass is 9.87. The molecule has 3 atom stereocenters. The van der Waals surface area contributed by atoms with E-state index in [0.717, 1.165) is 26.2 Å². The average molecular weight is 1030 g/mol. The lowest BCUT2D eigenvalue weighted by Crippen LogP contribution is -2.41. The van der Waals surface area contributed by atoms with Gasteiger partial charge >= 0.3 is 0 Å². The normalized spacial score (nSPS) is 14.1. The van der Waals surface area contributed by atoms with Crippen molar-refractivity contribution in [2.45, 2.75) is 343 Å². The third-order valence-corrected chi connectivity index (χ3v) is 18.2. The van der Waals surface area contributed by atoms with Gasteiger partial charge in [-0.3, -0.25) is 0 Å². The van der Waals surface area contributed by atoms with E-state index in [0.29, 0.717) is 18.3 Å². The average Bonchev–Trinajstić information content (AvgIpc) is 3.36. The fourth-order valence-electron chi connectivity index (χ4n) is 9.61. The molecule has 0 aromatic carbocycles. The first kappa shape index (κ1) is 69.9. The minimum absolute atomic E-state index is 0.107. The zero-order chi connectivity index (χ0) is 50.2. The predicted molar refractivity (Wildman–Crippen MR) is 322 cm³/mol. The Balaban J connectivity index is 5.86. The van der Waals surface area contributed by atoms with Crippen LogP contribution >= 0.6 is 35.3 Å². The molecule has 0 aliphatic carbocycles. The van der Waals surface area contributed by atoms with E-state index in [1.807, 2.05) is 0 Å². The first-order valence-electron chi connectivity index (χ1n) is 31.6. The number of hydrogen-bond acceptors (Lipinski definition) is 6. The largest absolute Gasteiger partial charge is 0.377 e. The summed E-state index contributed by atoms with van der Waals surface area (Å²) in [5.74, 6) is 7.63. The predicted octanol–water partition coefficient (Wildman–Crippen LogP) is 22.2. The maximum absolute atomic E-state index is 7.22. The topological polar surface area (TPSA) is 27.7 Å². The van der Waals surface area contributed by atoms with Crippen molar-refractivity contribution in [2.24, 2.45) is 5.41 Å². The molecule has 0 amide bonds. The van der Waals surface area contributed by atoms with Crippen molar-refractivity contribution in [3.8, 4) is 0 Å². The van der Waals surface area contributed by atoms with Crippen molar-refractivity contribution in [2.75, 3.05) is 54.3 Å². The second kappa shape index (κ2) is 58.2. The molecule has 0 aromatic heterocycles. The van der Waals surface area contributed by atoms with Crippen molar-refractivity contribution in [1.82, 2.24) is 0 Å². The Labute approximate surface area is 449 Å². The second-order valence-corrected chi connectivity index (χ2v) is 25.5. The van der Waals surface area contributed by atoms with Crippen molar-refractivity contribution < 1.29 is 14.2 Å². The molecule has 0 fully saturated rings. The summed E-state index contributed by atoms with van der Waals surface area (Å²) in [6.07, 6.45) is 58.8. The smallest absolute Gasteiger partial charge is 0.0583 e. The van der Waals surface area contributed by atoms with Crippen LogP contribution in [0.2, 0.25) is 0 Å². The minimum atomic E-state index is -0.107. The van der Waals surface area contributed by atoms with E-state index in [1.54, 1.807) is 0 Å². The molecular formula is C63H128O3S3. The van der Waals surface area contributed by atoms with Crippen molar-refractivity contribution in [3.63, 3.8) is 0 Å². The van der Waals surface area contributed by atoms with Gasteiger partial charge in [-0.2, -0.15) is 35.3 Å². The Morgan fingerprint density at radius 1 is 0.246 bits per heavy atom. The molecule has 0 radical (unpaired) electrons. The van der Waals surface area contributed by atoms with Crippen LogP contribution in [0.4, 0.5) is 0 Å². The minimum Gasteiger partial charge on any atom is -0.377 e. The maximum Gasteiger partial charge on any atom is 0.0583 e. The molecule has 3 nitrogen and oxygen atoms in total. The number of hydrogen-bond donors (Lipinski definition) is 0. The van der Waals surface area contributed by atoms with Crippen LogP contribution in [-0.4, -0.2) is 72.6 Å². The summed E-state index contributed by atoms with van der Waals surface area (Å²) in [7, 11) is 0. The van der Waals surface area contributed by atoms with Gasteiger partial charge in [-0.25, -0.2) is 0 Å². The van der Waals surface area contributed by atoms with Crippen LogP contribution in [0.15, 0.2) is 0 Å². The van der Waals surface area contributed by atoms with Crippen LogP contribution in [0.5, 0.6) is 0 Å². The molecule has 0 rings (SSSR count). The van der Waals surface area contributed by atoms with Gasteiger partial charge in [0, 0.05) is 5.41 Å². The third kappa shape index (κ3) is 49.6. The number of ether oxygens (including phenoxy) is 3. The van der Waals surface area contributed by atoms with E-state index in [-0.39, 0.29) is 5.41 Å². The number of rotatable bonds is 61. The van der Waals surface area contributed by atoms with E-state index in [2.05, 4.69) is 83.8 Å². The molecule has 0 N–H and O–H groups in total. The first-order valence-corrected chi connectivity index (χ1v) is 35.1. The molecule has 0 bridgehead atoms. The van der Waals surface area contributed by atoms with Crippen molar-refractivity contribution in [3.05, 3.63) is 0 Å². The fourth-order valence-corrected chi connectivity index (χ4v) is 12.7. The van der Waals surface area contributed by atoms with Gasteiger partial charge in [-0.05, 0) is 98.7 Å². The molecule has 0 saturated carbocycles. The first-order chi connectivity index (χ1) is 34.0. The SMILES string of the molecule is CCCCCCCCCCSCCC(CCCCCC)OCC(CC)(COC(CCCCCC)CCSCCCCCCCCCC)COC(CCCCCC)CCSCCCCCCCCCC. The van der Waals surface area contributed by atoms with Gasteiger partial charge in [0.15, 0.2) is 0 Å². The quantitative estimate of drug-likeness (QED) is 0.0564. The van der Waals surface area contributed by atoms with E-state index < -0.39 is 0 Å². The summed E-state index contributed by atoms with van der Waals surface area (Å²) in [5.41, 5.74) is -0.107. The molecule has 0 spiro atoms. The van der Waals surface area contributed by atoms with Crippen LogP contribution in [0, 0.1) is 5.41 Å². The lowest BCUT2D eigenvalue weighted by molar-refractivity contribution is -0.118. The van der Waals surface area contributed by atoms with Crippen LogP contribution in [-0.2, 0) is 14.2 Å². The Morgan fingerprint density at radius 3 is 0.696 bits per heavy atom. The standard InChI is InChI=1S/C63H128O3S3/c1-8-15-21-27-30-33-36-42-51-67-54-48-60(45-39-24-18-11-4)64-57-63(14-7,58-65-61(46-40-25-19-12-5)49-55-68-52-43-37-34-31-28-22-16-9-2)59-66-62(47-41-26-20-13-6)50-56-69-53-44-38-35-32-29-23-17-10-3/h60-62H,8-59H2,1-7H3. The Morgan fingerprint density at radius 2 is 0.464 bits per heavy atom. The van der Waals surface area contributed by atoms with Gasteiger partial charge in [-0.15, -0.1) is 0 Å². The van der Waals surface area contributed by atoms with Gasteiger partial charge in [0.1, 0.15) is 0 Å². The van der Waals surface area contributed by atoms with Crippen LogP contribution in [0.3, 0.4) is 0 Å². The van der Waals surface area contributed by atoms with Crippen molar-refractivity contribution >= 4 is 35.3 Å². The summed E-state index contributed by atoms with van der Waals surface area (Å²) >= 11 is 6.57. The van der Waals surface area contributed by atoms with Gasteiger partial charge in [0.2, 0.25) is 0 Å². The van der Waals surface area contributed by atoms with Gasteiger partial charge < -0.3 is 14.2 Å². The molecule has 0 heterocycles. The molecule has 0 aromatic rings. The van der Waals surface area contributed by atoms with Gasteiger partial charge in [0.05, 0.1) is 38.1 Å². The zero-order valence-corrected chi connectivity index (χ0v) is 50.9. The molecule has 416 valence electrons. The number of thioether (sulfide) groups is 3. The van der Waals surface area contributed by atoms with Crippen LogP contribution in [0.1, 0.15) is 325 Å². The summed E-state index contributed by atoms with van der Waals surface area (Å²) in [6.45, 7) is 18.7. The molecule has 6 heteroatoms. The molecule has 0 saturated heterocycles. The van der Waals surface area contributed by atoms with Gasteiger partial charge in [0.25, 0.3) is 0 Å². The maximum atomic E-state index is 7.22. The summed E-state index contributed by atoms with van der Waals surface area (Å²) in [4.78, 5) is 0. The number of unbranched alkanes of at least 4 members (excludes halogenated alkanes) is 30. The highest BCUT2D eigenvalue weighted by molar-refractivity contribution is 7.99. The summed E-state index contributed by atoms with van der Waals surface area (Å²) in [5, 5.41) is 0. The van der Waals surface area contributed by atoms with E-state index in [4.69, 9.17) is 14.2 Å². The molecular weight excluding hydrogens is 901 g/mol. The van der Waals surface area contributed by atoms with Crippen LogP contribution < -0.4 is 0 Å². The zero-order valence-electron chi connectivity index (χ0n) is 48.5. The Bertz CT molecular complexity index is 825. The molecule has 3 unspecified atom stereocenters. The fraction of sp³-hybridized carbons (Fsp3) is 1.00.